The van der Waals surface area contributed by atoms with Crippen molar-refractivity contribution in [3.8, 4) is 11.5 Å². The number of para-hydroxylation sites is 1. The number of fused-ring (bicyclic) bond motifs is 3. The van der Waals surface area contributed by atoms with Crippen LogP contribution in [0.25, 0.3) is 0 Å². The first-order valence-corrected chi connectivity index (χ1v) is 9.93. The molecule has 0 spiro atoms. The van der Waals surface area contributed by atoms with E-state index in [1.54, 1.807) is 7.11 Å². The van der Waals surface area contributed by atoms with Crippen LogP contribution in [0.5, 0.6) is 11.5 Å². The standard InChI is InChI=1S/C23H29NO3/c1-5-26-23-17(8-6-10-19(23)25-4)21-16-9-7-11-27-22(16)18-13-14(2)12-15(3)20(18)24-21/h6,8,10,12-13,16,21-22,24H,5,7,9,11H2,1-4H3/t16-,21-,22-/m0/s1. The van der Waals surface area contributed by atoms with E-state index < -0.39 is 0 Å². The molecule has 0 aliphatic carbocycles. The second-order valence-corrected chi connectivity index (χ2v) is 7.58. The van der Waals surface area contributed by atoms with Crippen LogP contribution in [0, 0.1) is 19.8 Å². The summed E-state index contributed by atoms with van der Waals surface area (Å²) in [6.07, 6.45) is 2.35. The molecule has 1 N–H and O–H groups in total. The fourth-order valence-corrected chi connectivity index (χ4v) is 4.70. The number of rotatable bonds is 4. The van der Waals surface area contributed by atoms with Crippen LogP contribution in [0.3, 0.4) is 0 Å². The highest BCUT2D eigenvalue weighted by Gasteiger charge is 2.41. The molecule has 2 heterocycles. The summed E-state index contributed by atoms with van der Waals surface area (Å²) >= 11 is 0. The molecular weight excluding hydrogens is 338 g/mol. The highest BCUT2D eigenvalue weighted by Crippen LogP contribution is 2.52. The molecule has 0 amide bonds. The van der Waals surface area contributed by atoms with Crippen LogP contribution in [0.1, 0.15) is 54.2 Å². The molecule has 0 saturated carbocycles. The van der Waals surface area contributed by atoms with Gasteiger partial charge in [-0.15, -0.1) is 0 Å². The number of nitrogens with one attached hydrogen (secondary N) is 1. The van der Waals surface area contributed by atoms with Crippen molar-refractivity contribution in [3.63, 3.8) is 0 Å². The van der Waals surface area contributed by atoms with Crippen LogP contribution < -0.4 is 14.8 Å². The predicted octanol–water partition coefficient (Wildman–Crippen LogP) is 5.35. The normalized spacial score (nSPS) is 23.8. The third kappa shape index (κ3) is 3.16. The van der Waals surface area contributed by atoms with Crippen molar-refractivity contribution >= 4 is 5.69 Å². The smallest absolute Gasteiger partial charge is 0.166 e. The molecule has 4 rings (SSSR count). The summed E-state index contributed by atoms with van der Waals surface area (Å²) in [6.45, 7) is 7.79. The van der Waals surface area contributed by atoms with E-state index in [9.17, 15) is 0 Å². The number of benzene rings is 2. The molecule has 4 nitrogen and oxygen atoms in total. The van der Waals surface area contributed by atoms with Crippen LogP contribution in [0.4, 0.5) is 5.69 Å². The fraction of sp³-hybridized carbons (Fsp3) is 0.478. The summed E-state index contributed by atoms with van der Waals surface area (Å²) in [7, 11) is 1.70. The molecule has 0 bridgehead atoms. The van der Waals surface area contributed by atoms with E-state index >= 15 is 0 Å². The Morgan fingerprint density at radius 2 is 2.04 bits per heavy atom. The first-order valence-electron chi connectivity index (χ1n) is 9.93. The first kappa shape index (κ1) is 18.2. The molecular formula is C23H29NO3. The molecule has 2 aliphatic heterocycles. The molecule has 1 fully saturated rings. The molecule has 3 atom stereocenters. The Balaban J connectivity index is 1.84. The van der Waals surface area contributed by atoms with Crippen LogP contribution in [-0.4, -0.2) is 20.3 Å². The monoisotopic (exact) mass is 367 g/mol. The topological polar surface area (TPSA) is 39.7 Å². The maximum Gasteiger partial charge on any atom is 0.166 e. The van der Waals surface area contributed by atoms with Gasteiger partial charge in [-0.3, -0.25) is 0 Å². The molecule has 144 valence electrons. The number of hydrogen-bond donors (Lipinski definition) is 1. The number of anilines is 1. The quantitative estimate of drug-likeness (QED) is 0.791. The van der Waals surface area contributed by atoms with E-state index in [1.165, 1.54) is 22.4 Å². The van der Waals surface area contributed by atoms with Crippen LogP contribution in [0.2, 0.25) is 0 Å². The van der Waals surface area contributed by atoms with Gasteiger partial charge >= 0.3 is 0 Å². The Hall–Kier alpha value is -2.20. The van der Waals surface area contributed by atoms with Gasteiger partial charge in [-0.25, -0.2) is 0 Å². The highest BCUT2D eigenvalue weighted by molar-refractivity contribution is 5.64. The number of aryl methyl sites for hydroxylation is 2. The van der Waals surface area contributed by atoms with E-state index in [4.69, 9.17) is 14.2 Å². The SMILES string of the molecule is CCOc1c(OC)cccc1[C@H]1Nc2c(C)cc(C)cc2[C@H]2OCCC[C@@H]12. The van der Waals surface area contributed by atoms with E-state index in [1.807, 2.05) is 13.0 Å². The lowest BCUT2D eigenvalue weighted by Crippen LogP contribution is -2.36. The second-order valence-electron chi connectivity index (χ2n) is 7.58. The largest absolute Gasteiger partial charge is 0.493 e. The molecule has 2 aliphatic rings. The van der Waals surface area contributed by atoms with Gasteiger partial charge in [0.1, 0.15) is 0 Å². The Morgan fingerprint density at radius 1 is 1.19 bits per heavy atom. The maximum atomic E-state index is 6.31. The van der Waals surface area contributed by atoms with Gasteiger partial charge in [-0.05, 0) is 45.2 Å². The van der Waals surface area contributed by atoms with Gasteiger partial charge in [0.05, 0.1) is 25.9 Å². The van der Waals surface area contributed by atoms with Gasteiger partial charge in [-0.2, -0.15) is 0 Å². The number of hydrogen-bond acceptors (Lipinski definition) is 4. The minimum Gasteiger partial charge on any atom is -0.493 e. The van der Waals surface area contributed by atoms with Crippen LogP contribution in [-0.2, 0) is 4.74 Å². The van der Waals surface area contributed by atoms with Crippen molar-refractivity contribution in [2.24, 2.45) is 5.92 Å². The van der Waals surface area contributed by atoms with Gasteiger partial charge in [0, 0.05) is 29.3 Å². The third-order valence-corrected chi connectivity index (χ3v) is 5.77. The minimum absolute atomic E-state index is 0.124. The zero-order valence-electron chi connectivity index (χ0n) is 16.7. The third-order valence-electron chi connectivity index (χ3n) is 5.77. The summed E-state index contributed by atoms with van der Waals surface area (Å²) in [5.41, 5.74) is 6.22. The molecule has 2 aromatic rings. The van der Waals surface area contributed by atoms with E-state index in [2.05, 4.69) is 43.4 Å². The number of methoxy groups -OCH3 is 1. The van der Waals surface area contributed by atoms with Crippen molar-refractivity contribution in [2.45, 2.75) is 45.8 Å². The lowest BCUT2D eigenvalue weighted by molar-refractivity contribution is -0.0384. The number of ether oxygens (including phenoxy) is 3. The second kappa shape index (κ2) is 7.43. The molecule has 4 heteroatoms. The molecule has 1 saturated heterocycles. The van der Waals surface area contributed by atoms with Crippen molar-refractivity contribution < 1.29 is 14.2 Å². The molecule has 0 unspecified atom stereocenters. The van der Waals surface area contributed by atoms with Gasteiger partial charge < -0.3 is 19.5 Å². The fourth-order valence-electron chi connectivity index (χ4n) is 4.70. The van der Waals surface area contributed by atoms with E-state index in [0.717, 1.165) is 36.5 Å². The highest BCUT2D eigenvalue weighted by atomic mass is 16.5. The summed E-state index contributed by atoms with van der Waals surface area (Å²) in [5, 5.41) is 3.84. The first-order chi connectivity index (χ1) is 13.1. The lowest BCUT2D eigenvalue weighted by atomic mass is 9.76. The summed E-state index contributed by atoms with van der Waals surface area (Å²) in [5.74, 6) is 2.01. The maximum absolute atomic E-state index is 6.31. The summed E-state index contributed by atoms with van der Waals surface area (Å²) in [4.78, 5) is 0. The van der Waals surface area contributed by atoms with Gasteiger partial charge in [0.25, 0.3) is 0 Å². The van der Waals surface area contributed by atoms with Gasteiger partial charge in [0.15, 0.2) is 11.5 Å². The van der Waals surface area contributed by atoms with E-state index in [0.29, 0.717) is 12.5 Å². The molecule has 0 aromatic heterocycles. The Morgan fingerprint density at radius 3 is 2.81 bits per heavy atom. The van der Waals surface area contributed by atoms with Gasteiger partial charge in [0.2, 0.25) is 0 Å². The van der Waals surface area contributed by atoms with Crippen molar-refractivity contribution in [1.82, 2.24) is 0 Å². The Kier molecular flexibility index (Phi) is 5.00. The zero-order chi connectivity index (χ0) is 19.0. The minimum atomic E-state index is 0.124. The van der Waals surface area contributed by atoms with Crippen LogP contribution >= 0.6 is 0 Å². The Labute approximate surface area is 161 Å². The average Bonchev–Trinajstić information content (AvgIpc) is 2.68. The average molecular weight is 367 g/mol. The van der Waals surface area contributed by atoms with Crippen LogP contribution in [0.15, 0.2) is 30.3 Å². The molecule has 0 radical (unpaired) electrons. The molecule has 2 aromatic carbocycles. The van der Waals surface area contributed by atoms with Gasteiger partial charge in [-0.1, -0.05) is 29.8 Å². The van der Waals surface area contributed by atoms with Crippen molar-refractivity contribution in [1.29, 1.82) is 0 Å². The summed E-state index contributed by atoms with van der Waals surface area (Å²) < 4.78 is 17.9. The van der Waals surface area contributed by atoms with Crippen molar-refractivity contribution in [2.75, 3.05) is 25.6 Å². The van der Waals surface area contributed by atoms with E-state index in [-0.39, 0.29) is 12.1 Å². The van der Waals surface area contributed by atoms with Crippen molar-refractivity contribution in [3.05, 3.63) is 52.6 Å². The zero-order valence-corrected chi connectivity index (χ0v) is 16.7. The lowest BCUT2D eigenvalue weighted by Gasteiger charge is -2.44. The predicted molar refractivity (Wildman–Crippen MR) is 108 cm³/mol. The summed E-state index contributed by atoms with van der Waals surface area (Å²) in [6, 6.07) is 10.8. The molecule has 27 heavy (non-hydrogen) atoms. The Bertz CT molecular complexity index is 833.